The number of hydrogen-bond donors (Lipinski definition) is 2. The number of esters is 1. The summed E-state index contributed by atoms with van der Waals surface area (Å²) in [6.07, 6.45) is 15.5. The zero-order valence-corrected chi connectivity index (χ0v) is 25.4. The second-order valence-electron chi connectivity index (χ2n) is 13.0. The monoisotopic (exact) mass is 578 g/mol. The number of halogens is 1. The number of carbonyl (C=O) groups is 1. The molecular weight excluding hydrogens is 528 g/mol. The Labute approximate surface area is 234 Å². The number of rotatable bonds is 11. The molecule has 0 aromatic rings. The molecule has 5 heteroatoms. The molecule has 0 unspecified atom stereocenters. The Morgan fingerprint density at radius 1 is 1.27 bits per heavy atom. The first-order valence-corrected chi connectivity index (χ1v) is 15.8. The molecule has 0 aliphatic heterocycles. The highest BCUT2D eigenvalue weighted by Gasteiger charge is 2.50. The van der Waals surface area contributed by atoms with Crippen molar-refractivity contribution < 1.29 is 19.7 Å². The molecule has 0 saturated heterocycles. The molecule has 0 spiro atoms. The lowest BCUT2D eigenvalue weighted by molar-refractivity contribution is -0.140. The van der Waals surface area contributed by atoms with E-state index in [0.717, 1.165) is 56.4 Å². The molecular formula is C32H51BrO4. The molecule has 0 amide bonds. The van der Waals surface area contributed by atoms with Gasteiger partial charge in [0.15, 0.2) is 0 Å². The summed E-state index contributed by atoms with van der Waals surface area (Å²) in [5, 5.41) is 20.8. The van der Waals surface area contributed by atoms with Crippen LogP contribution in [0, 0.1) is 23.2 Å². The Morgan fingerprint density at radius 3 is 2.73 bits per heavy atom. The summed E-state index contributed by atoms with van der Waals surface area (Å²) in [7, 11) is 0. The fourth-order valence-corrected chi connectivity index (χ4v) is 7.76. The number of aliphatic hydroxyl groups excluding tert-OH is 1. The van der Waals surface area contributed by atoms with E-state index in [9.17, 15) is 15.0 Å². The molecule has 0 bridgehead atoms. The maximum Gasteiger partial charge on any atom is 0.316 e. The molecule has 3 fully saturated rings. The molecule has 2 N–H and O–H groups in total. The summed E-state index contributed by atoms with van der Waals surface area (Å²) in [6.45, 7) is 13.6. The predicted molar refractivity (Wildman–Crippen MR) is 156 cm³/mol. The van der Waals surface area contributed by atoms with Crippen LogP contribution in [0.4, 0.5) is 0 Å². The minimum atomic E-state index is -0.574. The van der Waals surface area contributed by atoms with Gasteiger partial charge in [0.1, 0.15) is 5.33 Å². The second kappa shape index (κ2) is 13.4. The first-order valence-electron chi connectivity index (χ1n) is 14.7. The number of hydrogen-bond acceptors (Lipinski definition) is 4. The molecule has 3 saturated carbocycles. The van der Waals surface area contributed by atoms with E-state index in [4.69, 9.17) is 4.74 Å². The van der Waals surface area contributed by atoms with Crippen molar-refractivity contribution in [3.63, 3.8) is 0 Å². The van der Waals surface area contributed by atoms with Crippen LogP contribution in [0.1, 0.15) is 111 Å². The van der Waals surface area contributed by atoms with Gasteiger partial charge in [0.2, 0.25) is 0 Å². The van der Waals surface area contributed by atoms with Crippen molar-refractivity contribution in [2.75, 3.05) is 11.9 Å². The molecule has 0 heterocycles. The van der Waals surface area contributed by atoms with E-state index in [-0.39, 0.29) is 17.4 Å². The van der Waals surface area contributed by atoms with Crippen molar-refractivity contribution in [3.8, 4) is 0 Å². The van der Waals surface area contributed by atoms with Crippen LogP contribution in [0.25, 0.3) is 0 Å². The quantitative estimate of drug-likeness (QED) is 0.149. The summed E-state index contributed by atoms with van der Waals surface area (Å²) < 4.78 is 5.33. The van der Waals surface area contributed by atoms with E-state index >= 15 is 0 Å². The summed E-state index contributed by atoms with van der Waals surface area (Å²) in [4.78, 5) is 11.6. The number of alkyl halides is 1. The Morgan fingerprint density at radius 2 is 2.03 bits per heavy atom. The molecule has 4 nitrogen and oxygen atoms in total. The van der Waals surface area contributed by atoms with E-state index in [2.05, 4.69) is 42.4 Å². The minimum Gasteiger partial charge on any atom is -0.465 e. The maximum atomic E-state index is 11.6. The third kappa shape index (κ3) is 8.29. The van der Waals surface area contributed by atoms with Crippen LogP contribution in [-0.4, -0.2) is 39.8 Å². The van der Waals surface area contributed by atoms with Gasteiger partial charge in [-0.15, -0.1) is 0 Å². The third-order valence-corrected chi connectivity index (χ3v) is 9.99. The highest BCUT2D eigenvalue weighted by atomic mass is 79.9. The smallest absolute Gasteiger partial charge is 0.316 e. The summed E-state index contributed by atoms with van der Waals surface area (Å²) in [5.74, 6) is 1.80. The molecule has 37 heavy (non-hydrogen) atoms. The first kappa shape index (κ1) is 30.6. The van der Waals surface area contributed by atoms with Crippen LogP contribution in [-0.2, 0) is 9.53 Å². The number of fused-ring (bicyclic) bond motifs is 1. The Bertz CT molecular complexity index is 867. The van der Waals surface area contributed by atoms with Gasteiger partial charge in [-0.1, -0.05) is 66.4 Å². The second-order valence-corrected chi connectivity index (χ2v) is 13.5. The summed E-state index contributed by atoms with van der Waals surface area (Å²) in [5.41, 5.74) is 5.06. The number of carbonyl (C=O) groups excluding carboxylic acids is 1. The van der Waals surface area contributed by atoms with Gasteiger partial charge in [-0.25, -0.2) is 0 Å². The van der Waals surface area contributed by atoms with Gasteiger partial charge in [-0.05, 0) is 119 Å². The van der Waals surface area contributed by atoms with Crippen molar-refractivity contribution in [1.82, 2.24) is 0 Å². The van der Waals surface area contributed by atoms with Crippen LogP contribution in [0.3, 0.4) is 0 Å². The zero-order valence-electron chi connectivity index (χ0n) is 23.8. The SMILES string of the molecule is C=C1CC[C@H](O)C/C1=C(/C=C1\CCC[C@]2(C)[C@@H]([C@H](C)CCCC(C)(C)O)CC[C@@H]12)CCCOC(=O)CBr. The van der Waals surface area contributed by atoms with Crippen molar-refractivity contribution in [2.45, 2.75) is 123 Å². The Hall–Kier alpha value is -0.910. The zero-order chi connectivity index (χ0) is 27.2. The van der Waals surface area contributed by atoms with Gasteiger partial charge in [0.05, 0.1) is 18.3 Å². The number of aliphatic hydroxyl groups is 2. The molecule has 3 aliphatic rings. The largest absolute Gasteiger partial charge is 0.465 e. The van der Waals surface area contributed by atoms with E-state index in [1.807, 2.05) is 13.8 Å². The van der Waals surface area contributed by atoms with Crippen molar-refractivity contribution in [2.24, 2.45) is 23.2 Å². The fraction of sp³-hybridized carbons (Fsp3) is 0.781. The predicted octanol–water partition coefficient (Wildman–Crippen LogP) is 7.82. The van der Waals surface area contributed by atoms with Crippen molar-refractivity contribution in [1.29, 1.82) is 0 Å². The standard InChI is InChI=1S/C32H51BrO4/c1-22-12-13-26(34)20-27(22)24(11-8-18-37-30(35)21-33)19-25-10-7-17-32(5)28(14-15-29(25)32)23(2)9-6-16-31(3,4)36/h19,23,26,28-29,34,36H,1,6-18,20-21H2,2-5H3/b25-19+,27-24-/t23-,26+,28-,29+,32-/m1/s1. The van der Waals surface area contributed by atoms with Gasteiger partial charge in [-0.2, -0.15) is 0 Å². The Kier molecular flexibility index (Phi) is 11.1. The van der Waals surface area contributed by atoms with Gasteiger partial charge < -0.3 is 14.9 Å². The topological polar surface area (TPSA) is 66.8 Å². The van der Waals surface area contributed by atoms with Crippen molar-refractivity contribution in [3.05, 3.63) is 34.9 Å². The Balaban J connectivity index is 1.79. The highest BCUT2D eigenvalue weighted by Crippen LogP contribution is 2.60. The lowest BCUT2D eigenvalue weighted by atomic mass is 9.60. The molecule has 210 valence electrons. The normalized spacial score (nSPS) is 31.8. The van der Waals surface area contributed by atoms with E-state index < -0.39 is 5.60 Å². The van der Waals surface area contributed by atoms with Gasteiger partial charge in [0.25, 0.3) is 0 Å². The lowest BCUT2D eigenvalue weighted by Crippen LogP contribution is -2.36. The molecule has 3 rings (SSSR count). The molecule has 5 atom stereocenters. The highest BCUT2D eigenvalue weighted by molar-refractivity contribution is 9.09. The average Bonchev–Trinajstić information content (AvgIpc) is 3.19. The summed E-state index contributed by atoms with van der Waals surface area (Å²) in [6, 6.07) is 0. The van der Waals surface area contributed by atoms with E-state index in [0.29, 0.717) is 30.3 Å². The van der Waals surface area contributed by atoms with Crippen LogP contribution in [0.2, 0.25) is 0 Å². The average molecular weight is 580 g/mol. The fourth-order valence-electron chi connectivity index (χ4n) is 7.60. The van der Waals surface area contributed by atoms with E-state index in [1.165, 1.54) is 43.3 Å². The van der Waals surface area contributed by atoms with Gasteiger partial charge in [0, 0.05) is 0 Å². The van der Waals surface area contributed by atoms with Gasteiger partial charge in [-0.3, -0.25) is 4.79 Å². The summed E-state index contributed by atoms with van der Waals surface area (Å²) >= 11 is 3.16. The van der Waals surface area contributed by atoms with Crippen LogP contribution < -0.4 is 0 Å². The van der Waals surface area contributed by atoms with Crippen LogP contribution in [0.15, 0.2) is 34.9 Å². The molecule has 0 radical (unpaired) electrons. The van der Waals surface area contributed by atoms with Crippen LogP contribution in [0.5, 0.6) is 0 Å². The maximum absolute atomic E-state index is 11.6. The molecule has 0 aromatic carbocycles. The number of ether oxygens (including phenoxy) is 1. The van der Waals surface area contributed by atoms with E-state index in [1.54, 1.807) is 5.57 Å². The van der Waals surface area contributed by atoms with Crippen molar-refractivity contribution >= 4 is 21.9 Å². The third-order valence-electron chi connectivity index (χ3n) is 9.53. The number of allylic oxidation sites excluding steroid dienone is 4. The minimum absolute atomic E-state index is 0.221. The molecule has 3 aliphatic carbocycles. The lowest BCUT2D eigenvalue weighted by Gasteiger charge is -2.44. The first-order chi connectivity index (χ1) is 17.4. The van der Waals surface area contributed by atoms with Crippen LogP contribution >= 0.6 is 15.9 Å². The van der Waals surface area contributed by atoms with Gasteiger partial charge >= 0.3 is 5.97 Å². The molecule has 0 aromatic heterocycles.